The summed E-state index contributed by atoms with van der Waals surface area (Å²) in [6.07, 6.45) is 1.74. The molecule has 1 aromatic carbocycles. The van der Waals surface area contributed by atoms with Crippen molar-refractivity contribution < 1.29 is 5.11 Å². The molecule has 2 aromatic rings. The minimum Gasteiger partial charge on any atom is -0.392 e. The third kappa shape index (κ3) is 3.33. The molecule has 0 aliphatic rings. The number of aryl methyl sites for hydroxylation is 1. The summed E-state index contributed by atoms with van der Waals surface area (Å²) in [4.78, 5) is 6.35. The van der Waals surface area contributed by atoms with Crippen molar-refractivity contribution in [1.29, 1.82) is 0 Å². The fraction of sp³-hybridized carbons (Fsp3) is 0.267. The summed E-state index contributed by atoms with van der Waals surface area (Å²) in [6.45, 7) is 2.73. The van der Waals surface area contributed by atoms with E-state index in [1.807, 2.05) is 38.2 Å². The number of rotatable bonds is 4. The molecular weight excluding hydrogens is 304 g/mol. The molecule has 3 nitrogen and oxygen atoms in total. The Kier molecular flexibility index (Phi) is 4.56. The first-order valence-electron chi connectivity index (χ1n) is 6.12. The Morgan fingerprint density at radius 1 is 1.26 bits per heavy atom. The van der Waals surface area contributed by atoms with Crippen LogP contribution in [0.3, 0.4) is 0 Å². The van der Waals surface area contributed by atoms with E-state index in [2.05, 4.69) is 31.9 Å². The van der Waals surface area contributed by atoms with Gasteiger partial charge >= 0.3 is 0 Å². The van der Waals surface area contributed by atoms with Gasteiger partial charge in [0.1, 0.15) is 0 Å². The summed E-state index contributed by atoms with van der Waals surface area (Å²) >= 11 is 3.56. The highest BCUT2D eigenvalue weighted by molar-refractivity contribution is 9.10. The first kappa shape index (κ1) is 14.0. The van der Waals surface area contributed by atoms with Gasteiger partial charge in [0.25, 0.3) is 0 Å². The van der Waals surface area contributed by atoms with Crippen LogP contribution in [0.4, 0.5) is 5.69 Å². The summed E-state index contributed by atoms with van der Waals surface area (Å²) in [7, 11) is 2.02. The Labute approximate surface area is 122 Å². The van der Waals surface area contributed by atoms with Gasteiger partial charge in [0.15, 0.2) is 0 Å². The molecule has 0 aliphatic heterocycles. The zero-order valence-corrected chi connectivity index (χ0v) is 12.7. The molecule has 0 atom stereocenters. The lowest BCUT2D eigenvalue weighted by atomic mass is 10.1. The van der Waals surface area contributed by atoms with Gasteiger partial charge in [-0.2, -0.15) is 0 Å². The second kappa shape index (κ2) is 6.17. The molecule has 0 saturated heterocycles. The minimum absolute atomic E-state index is 0.00289. The molecule has 0 unspecified atom stereocenters. The maximum atomic E-state index is 9.40. The molecule has 1 aromatic heterocycles. The van der Waals surface area contributed by atoms with Crippen molar-refractivity contribution in [2.45, 2.75) is 20.1 Å². The molecule has 0 spiro atoms. The van der Waals surface area contributed by atoms with E-state index in [9.17, 15) is 5.11 Å². The van der Waals surface area contributed by atoms with Gasteiger partial charge in [-0.15, -0.1) is 0 Å². The second-order valence-electron chi connectivity index (χ2n) is 4.56. The number of pyridine rings is 1. The van der Waals surface area contributed by atoms with E-state index in [0.29, 0.717) is 0 Å². The maximum absolute atomic E-state index is 9.40. The van der Waals surface area contributed by atoms with Gasteiger partial charge in [-0.05, 0) is 24.6 Å². The van der Waals surface area contributed by atoms with Gasteiger partial charge in [-0.3, -0.25) is 4.98 Å². The summed E-state index contributed by atoms with van der Waals surface area (Å²) < 4.78 is 1.10. The summed E-state index contributed by atoms with van der Waals surface area (Å²) in [6, 6.07) is 10.2. The van der Waals surface area contributed by atoms with Crippen molar-refractivity contribution in [1.82, 2.24) is 4.98 Å². The van der Waals surface area contributed by atoms with E-state index in [1.54, 1.807) is 6.20 Å². The molecule has 2 rings (SSSR count). The highest BCUT2D eigenvalue weighted by atomic mass is 79.9. The van der Waals surface area contributed by atoms with E-state index >= 15 is 0 Å². The van der Waals surface area contributed by atoms with Crippen molar-refractivity contribution >= 4 is 21.6 Å². The van der Waals surface area contributed by atoms with Crippen LogP contribution < -0.4 is 4.90 Å². The Bertz CT molecular complexity index is 572. The predicted molar refractivity (Wildman–Crippen MR) is 81.1 cm³/mol. The minimum atomic E-state index is 0.00289. The number of aliphatic hydroxyl groups is 1. The smallest absolute Gasteiger partial charge is 0.0717 e. The molecule has 4 heteroatoms. The molecule has 1 heterocycles. The standard InChI is InChI=1S/C15H17BrN2O/c1-11-7-15(13(10-19)8-17-11)18(2)9-12-5-3-4-6-14(12)16/h3-8,19H,9-10H2,1-2H3. The Morgan fingerprint density at radius 2 is 2.00 bits per heavy atom. The number of anilines is 1. The maximum Gasteiger partial charge on any atom is 0.0717 e. The first-order valence-corrected chi connectivity index (χ1v) is 6.92. The van der Waals surface area contributed by atoms with Gasteiger partial charge in [0, 0.05) is 41.2 Å². The SMILES string of the molecule is Cc1cc(N(C)Cc2ccccc2Br)c(CO)cn1. The lowest BCUT2D eigenvalue weighted by Gasteiger charge is -2.23. The van der Waals surface area contributed by atoms with E-state index in [1.165, 1.54) is 5.56 Å². The molecule has 1 N–H and O–H groups in total. The number of benzene rings is 1. The van der Waals surface area contributed by atoms with Crippen LogP contribution >= 0.6 is 15.9 Å². The Hall–Kier alpha value is -1.39. The van der Waals surface area contributed by atoms with E-state index in [4.69, 9.17) is 0 Å². The number of nitrogens with zero attached hydrogens (tertiary/aromatic N) is 2. The van der Waals surface area contributed by atoms with Gasteiger partial charge in [0.2, 0.25) is 0 Å². The van der Waals surface area contributed by atoms with Crippen LogP contribution in [0.1, 0.15) is 16.8 Å². The summed E-state index contributed by atoms with van der Waals surface area (Å²) in [5, 5.41) is 9.40. The highest BCUT2D eigenvalue weighted by Gasteiger charge is 2.10. The molecule has 0 aliphatic carbocycles. The van der Waals surface area contributed by atoms with Crippen LogP contribution in [-0.2, 0) is 13.2 Å². The topological polar surface area (TPSA) is 36.4 Å². The van der Waals surface area contributed by atoms with Crippen LogP contribution in [0.15, 0.2) is 41.0 Å². The van der Waals surface area contributed by atoms with Crippen molar-refractivity contribution in [2.24, 2.45) is 0 Å². The fourth-order valence-electron chi connectivity index (χ4n) is 2.02. The first-order chi connectivity index (χ1) is 9.11. The molecule has 0 fully saturated rings. The largest absolute Gasteiger partial charge is 0.392 e. The zero-order chi connectivity index (χ0) is 13.8. The number of aromatic nitrogens is 1. The molecule has 0 amide bonds. The highest BCUT2D eigenvalue weighted by Crippen LogP contribution is 2.24. The normalized spacial score (nSPS) is 10.5. The number of hydrogen-bond donors (Lipinski definition) is 1. The van der Waals surface area contributed by atoms with Gasteiger partial charge in [-0.1, -0.05) is 34.1 Å². The van der Waals surface area contributed by atoms with Crippen LogP contribution in [-0.4, -0.2) is 17.1 Å². The summed E-state index contributed by atoms with van der Waals surface area (Å²) in [5.74, 6) is 0. The lowest BCUT2D eigenvalue weighted by molar-refractivity contribution is 0.281. The van der Waals surface area contributed by atoms with Gasteiger partial charge in [-0.25, -0.2) is 0 Å². The molecule has 0 bridgehead atoms. The van der Waals surface area contributed by atoms with Crippen molar-refractivity contribution in [3.8, 4) is 0 Å². The fourth-order valence-corrected chi connectivity index (χ4v) is 2.43. The molecule has 0 radical (unpaired) electrons. The predicted octanol–water partition coefficient (Wildman–Crippen LogP) is 3.28. The van der Waals surface area contributed by atoms with E-state index in [-0.39, 0.29) is 6.61 Å². The lowest BCUT2D eigenvalue weighted by Crippen LogP contribution is -2.18. The quantitative estimate of drug-likeness (QED) is 0.939. The Balaban J connectivity index is 2.27. The number of aliphatic hydroxyl groups excluding tert-OH is 1. The third-order valence-corrected chi connectivity index (χ3v) is 3.82. The van der Waals surface area contributed by atoms with Gasteiger partial charge < -0.3 is 10.0 Å². The average molecular weight is 321 g/mol. The number of halogens is 1. The summed E-state index contributed by atoms with van der Waals surface area (Å²) in [5.41, 5.74) is 4.03. The van der Waals surface area contributed by atoms with Crippen molar-refractivity contribution in [3.63, 3.8) is 0 Å². The number of hydrogen-bond acceptors (Lipinski definition) is 3. The molecule has 100 valence electrons. The second-order valence-corrected chi connectivity index (χ2v) is 5.41. The molecule has 19 heavy (non-hydrogen) atoms. The van der Waals surface area contributed by atoms with E-state index < -0.39 is 0 Å². The van der Waals surface area contributed by atoms with Crippen LogP contribution in [0.5, 0.6) is 0 Å². The van der Waals surface area contributed by atoms with Crippen LogP contribution in [0.25, 0.3) is 0 Å². The monoisotopic (exact) mass is 320 g/mol. The third-order valence-electron chi connectivity index (χ3n) is 3.05. The molecule has 0 saturated carbocycles. The average Bonchev–Trinajstić information content (AvgIpc) is 2.41. The van der Waals surface area contributed by atoms with Crippen molar-refractivity contribution in [3.05, 3.63) is 57.8 Å². The van der Waals surface area contributed by atoms with Crippen molar-refractivity contribution in [2.75, 3.05) is 11.9 Å². The molecular formula is C15H17BrN2O. The Morgan fingerprint density at radius 3 is 2.68 bits per heavy atom. The van der Waals surface area contributed by atoms with Crippen LogP contribution in [0, 0.1) is 6.92 Å². The van der Waals surface area contributed by atoms with Gasteiger partial charge in [0.05, 0.1) is 6.61 Å². The van der Waals surface area contributed by atoms with E-state index in [0.717, 1.165) is 28.0 Å². The van der Waals surface area contributed by atoms with Crippen LogP contribution in [0.2, 0.25) is 0 Å². The zero-order valence-electron chi connectivity index (χ0n) is 11.1.